The first-order chi connectivity index (χ1) is 8.07. The summed E-state index contributed by atoms with van der Waals surface area (Å²) in [4.78, 5) is 2.39. The Kier molecular flexibility index (Phi) is 6.40. The van der Waals surface area contributed by atoms with Crippen LogP contribution in [0.2, 0.25) is 0 Å². The van der Waals surface area contributed by atoms with Gasteiger partial charge in [-0.05, 0) is 51.9 Å². The van der Waals surface area contributed by atoms with Crippen LogP contribution in [0.25, 0.3) is 0 Å². The molecular formula is C11H25N3O2S. The highest BCUT2D eigenvalue weighted by Crippen LogP contribution is 2.11. The van der Waals surface area contributed by atoms with Gasteiger partial charge in [-0.1, -0.05) is 6.92 Å². The summed E-state index contributed by atoms with van der Waals surface area (Å²) in [6, 6.07) is 0.117. The highest BCUT2D eigenvalue weighted by Gasteiger charge is 2.22. The van der Waals surface area contributed by atoms with E-state index in [1.807, 2.05) is 0 Å². The number of rotatable bonds is 7. The van der Waals surface area contributed by atoms with Gasteiger partial charge in [0.15, 0.2) is 0 Å². The third-order valence-corrected chi connectivity index (χ3v) is 4.61. The van der Waals surface area contributed by atoms with Crippen molar-refractivity contribution in [1.82, 2.24) is 9.62 Å². The van der Waals surface area contributed by atoms with E-state index in [2.05, 4.69) is 16.5 Å². The van der Waals surface area contributed by atoms with Crippen molar-refractivity contribution in [1.29, 1.82) is 0 Å². The first-order valence-electron chi connectivity index (χ1n) is 6.50. The van der Waals surface area contributed by atoms with Crippen LogP contribution in [0.15, 0.2) is 0 Å². The van der Waals surface area contributed by atoms with Gasteiger partial charge in [-0.15, -0.1) is 0 Å². The van der Waals surface area contributed by atoms with Crippen LogP contribution in [0, 0.1) is 0 Å². The molecule has 3 N–H and O–H groups in total. The standard InChI is InChI=1S/C11H25N3O2S/c1-2-7-14-8-4-11(5-9-14)13-17(15,16)10-3-6-12/h11,13H,2-10,12H2,1H3. The Morgan fingerprint density at radius 2 is 2.00 bits per heavy atom. The maximum atomic E-state index is 11.7. The lowest BCUT2D eigenvalue weighted by Gasteiger charge is -2.31. The summed E-state index contributed by atoms with van der Waals surface area (Å²) >= 11 is 0. The zero-order valence-corrected chi connectivity index (χ0v) is 11.5. The van der Waals surface area contributed by atoms with Crippen LogP contribution in [0.4, 0.5) is 0 Å². The summed E-state index contributed by atoms with van der Waals surface area (Å²) in [7, 11) is -3.12. The molecule has 6 heteroatoms. The van der Waals surface area contributed by atoms with E-state index in [0.717, 1.165) is 38.9 Å². The first kappa shape index (κ1) is 14.9. The number of hydrogen-bond acceptors (Lipinski definition) is 4. The van der Waals surface area contributed by atoms with Crippen LogP contribution >= 0.6 is 0 Å². The molecule has 0 aromatic carbocycles. The summed E-state index contributed by atoms with van der Waals surface area (Å²) in [6.07, 6.45) is 3.53. The van der Waals surface area contributed by atoms with Crippen molar-refractivity contribution in [2.75, 3.05) is 31.9 Å². The molecule has 0 aromatic heterocycles. The SMILES string of the molecule is CCCN1CCC(NS(=O)(=O)CCCN)CC1. The van der Waals surface area contributed by atoms with E-state index < -0.39 is 10.0 Å². The van der Waals surface area contributed by atoms with Crippen molar-refractivity contribution in [3.8, 4) is 0 Å². The van der Waals surface area contributed by atoms with E-state index in [0.29, 0.717) is 13.0 Å². The van der Waals surface area contributed by atoms with Gasteiger partial charge in [-0.3, -0.25) is 0 Å². The van der Waals surface area contributed by atoms with Gasteiger partial charge in [-0.2, -0.15) is 0 Å². The number of nitrogens with one attached hydrogen (secondary N) is 1. The molecule has 1 fully saturated rings. The fourth-order valence-electron chi connectivity index (χ4n) is 2.18. The fraction of sp³-hybridized carbons (Fsp3) is 1.00. The molecule has 0 atom stereocenters. The molecule has 1 saturated heterocycles. The largest absolute Gasteiger partial charge is 0.330 e. The summed E-state index contributed by atoms with van der Waals surface area (Å²) < 4.78 is 26.2. The quantitative estimate of drug-likeness (QED) is 0.684. The molecule has 102 valence electrons. The Balaban J connectivity index is 2.30. The van der Waals surface area contributed by atoms with Crippen LogP contribution in [-0.4, -0.2) is 51.3 Å². The number of hydrogen-bond donors (Lipinski definition) is 2. The molecule has 1 heterocycles. The Morgan fingerprint density at radius 1 is 1.35 bits per heavy atom. The Hall–Kier alpha value is -0.170. The predicted molar refractivity (Wildman–Crippen MR) is 70.3 cm³/mol. The van der Waals surface area contributed by atoms with Crippen molar-refractivity contribution in [3.05, 3.63) is 0 Å². The molecule has 0 radical (unpaired) electrons. The number of nitrogens with zero attached hydrogens (tertiary/aromatic N) is 1. The third-order valence-electron chi connectivity index (χ3n) is 3.09. The normalized spacial score (nSPS) is 19.6. The molecular weight excluding hydrogens is 238 g/mol. The molecule has 0 spiro atoms. The van der Waals surface area contributed by atoms with Gasteiger partial charge >= 0.3 is 0 Å². The van der Waals surface area contributed by atoms with Crippen LogP contribution in [0.3, 0.4) is 0 Å². The minimum Gasteiger partial charge on any atom is -0.330 e. The minimum absolute atomic E-state index is 0.117. The van der Waals surface area contributed by atoms with E-state index >= 15 is 0 Å². The molecule has 0 aliphatic carbocycles. The smallest absolute Gasteiger partial charge is 0.211 e. The van der Waals surface area contributed by atoms with E-state index in [9.17, 15) is 8.42 Å². The molecule has 1 rings (SSSR count). The van der Waals surface area contributed by atoms with Crippen LogP contribution in [0.1, 0.15) is 32.6 Å². The molecule has 1 aliphatic heterocycles. The van der Waals surface area contributed by atoms with E-state index in [1.54, 1.807) is 0 Å². The molecule has 0 bridgehead atoms. The molecule has 0 saturated carbocycles. The van der Waals surface area contributed by atoms with Gasteiger partial charge in [0.1, 0.15) is 0 Å². The second-order valence-electron chi connectivity index (χ2n) is 4.69. The third kappa shape index (κ3) is 5.81. The summed E-state index contributed by atoms with van der Waals surface area (Å²) in [5, 5.41) is 0. The summed E-state index contributed by atoms with van der Waals surface area (Å²) in [5.41, 5.74) is 5.32. The molecule has 5 nitrogen and oxygen atoms in total. The Bertz CT molecular complexity index is 298. The zero-order chi connectivity index (χ0) is 12.7. The first-order valence-corrected chi connectivity index (χ1v) is 8.15. The zero-order valence-electron chi connectivity index (χ0n) is 10.7. The van der Waals surface area contributed by atoms with Gasteiger partial charge in [0.05, 0.1) is 5.75 Å². The second-order valence-corrected chi connectivity index (χ2v) is 6.57. The topological polar surface area (TPSA) is 75.4 Å². The van der Waals surface area contributed by atoms with Gasteiger partial charge in [-0.25, -0.2) is 13.1 Å². The summed E-state index contributed by atoms with van der Waals surface area (Å²) in [6.45, 7) is 5.71. The fourth-order valence-corrected chi connectivity index (χ4v) is 3.58. The second kappa shape index (κ2) is 7.31. The van der Waals surface area contributed by atoms with Gasteiger partial charge in [0.2, 0.25) is 10.0 Å². The predicted octanol–water partition coefficient (Wildman–Crippen LogP) is 0.129. The van der Waals surface area contributed by atoms with E-state index in [-0.39, 0.29) is 11.8 Å². The highest BCUT2D eigenvalue weighted by atomic mass is 32.2. The number of likely N-dealkylation sites (tertiary alicyclic amines) is 1. The average molecular weight is 263 g/mol. The highest BCUT2D eigenvalue weighted by molar-refractivity contribution is 7.89. The molecule has 0 aromatic rings. The minimum atomic E-state index is -3.12. The van der Waals surface area contributed by atoms with Crippen molar-refractivity contribution >= 4 is 10.0 Å². The Morgan fingerprint density at radius 3 is 2.53 bits per heavy atom. The van der Waals surface area contributed by atoms with E-state index in [1.165, 1.54) is 0 Å². The molecule has 0 unspecified atom stereocenters. The molecule has 1 aliphatic rings. The van der Waals surface area contributed by atoms with Crippen molar-refractivity contribution in [3.63, 3.8) is 0 Å². The Labute approximate surface area is 105 Å². The van der Waals surface area contributed by atoms with Gasteiger partial charge in [0, 0.05) is 6.04 Å². The van der Waals surface area contributed by atoms with Gasteiger partial charge < -0.3 is 10.6 Å². The van der Waals surface area contributed by atoms with Crippen molar-refractivity contribution < 1.29 is 8.42 Å². The van der Waals surface area contributed by atoms with Crippen LogP contribution < -0.4 is 10.5 Å². The molecule has 0 amide bonds. The lowest BCUT2D eigenvalue weighted by molar-refractivity contribution is 0.208. The monoisotopic (exact) mass is 263 g/mol. The maximum Gasteiger partial charge on any atom is 0.211 e. The van der Waals surface area contributed by atoms with Crippen LogP contribution in [-0.2, 0) is 10.0 Å². The number of sulfonamides is 1. The van der Waals surface area contributed by atoms with Crippen LogP contribution in [0.5, 0.6) is 0 Å². The lowest BCUT2D eigenvalue weighted by atomic mass is 10.1. The number of piperidine rings is 1. The van der Waals surface area contributed by atoms with Gasteiger partial charge in [0.25, 0.3) is 0 Å². The van der Waals surface area contributed by atoms with E-state index in [4.69, 9.17) is 5.73 Å². The molecule has 17 heavy (non-hydrogen) atoms. The van der Waals surface area contributed by atoms with Crippen molar-refractivity contribution in [2.24, 2.45) is 5.73 Å². The number of nitrogens with two attached hydrogens (primary N) is 1. The summed E-state index contributed by atoms with van der Waals surface area (Å²) in [5.74, 6) is 0.151. The lowest BCUT2D eigenvalue weighted by Crippen LogP contribution is -2.45. The average Bonchev–Trinajstić information content (AvgIpc) is 2.29. The van der Waals surface area contributed by atoms with Crippen molar-refractivity contribution in [2.45, 2.75) is 38.6 Å². The maximum absolute atomic E-state index is 11.7.